The van der Waals surface area contributed by atoms with E-state index in [0.29, 0.717) is 24.5 Å². The zero-order valence-electron chi connectivity index (χ0n) is 19.4. The maximum atomic E-state index is 14.4. The van der Waals surface area contributed by atoms with Crippen LogP contribution in [-0.4, -0.2) is 33.5 Å². The number of hydrogen-bond donors (Lipinski definition) is 0. The van der Waals surface area contributed by atoms with E-state index in [9.17, 15) is 18.0 Å². The van der Waals surface area contributed by atoms with Crippen LogP contribution in [0.4, 0.5) is 13.2 Å². The van der Waals surface area contributed by atoms with Crippen molar-refractivity contribution in [3.05, 3.63) is 98.8 Å². The lowest BCUT2D eigenvalue weighted by Gasteiger charge is -2.29. The Balaban J connectivity index is 1.47. The van der Waals surface area contributed by atoms with Crippen molar-refractivity contribution < 1.29 is 22.8 Å². The number of amides is 1. The third-order valence-corrected chi connectivity index (χ3v) is 6.63. The number of rotatable bonds is 4. The summed E-state index contributed by atoms with van der Waals surface area (Å²) in [6.45, 7) is 2.17. The Labute approximate surface area is 220 Å². The molecule has 2 aliphatic rings. The quantitative estimate of drug-likeness (QED) is 0.386. The van der Waals surface area contributed by atoms with Gasteiger partial charge < -0.3 is 9.74 Å². The molecule has 0 radical (unpaired) electrons. The van der Waals surface area contributed by atoms with Crippen LogP contribution in [0.25, 0.3) is 0 Å². The van der Waals surface area contributed by atoms with Crippen LogP contribution in [0.2, 0.25) is 10.0 Å². The molecule has 1 amide bonds. The Morgan fingerprint density at radius 3 is 2.54 bits per heavy atom. The molecule has 2 aliphatic heterocycles. The van der Waals surface area contributed by atoms with Crippen molar-refractivity contribution in [2.45, 2.75) is 38.2 Å². The van der Waals surface area contributed by atoms with E-state index in [2.05, 4.69) is 15.1 Å². The second-order valence-electron chi connectivity index (χ2n) is 8.79. The van der Waals surface area contributed by atoms with E-state index >= 15 is 0 Å². The largest absolute Gasteiger partial charge is 0.435 e. The number of alkyl halides is 3. The molecule has 0 N–H and O–H groups in total. The van der Waals surface area contributed by atoms with Gasteiger partial charge in [0.15, 0.2) is 0 Å². The second-order valence-corrected chi connectivity index (χ2v) is 9.67. The molecule has 3 heterocycles. The van der Waals surface area contributed by atoms with E-state index in [1.165, 1.54) is 25.1 Å². The van der Waals surface area contributed by atoms with Crippen LogP contribution in [0, 0.1) is 0 Å². The Hall–Kier alpha value is -3.43. The van der Waals surface area contributed by atoms with E-state index < -0.39 is 18.2 Å². The van der Waals surface area contributed by atoms with Gasteiger partial charge in [0.2, 0.25) is 5.91 Å². The van der Waals surface area contributed by atoms with Gasteiger partial charge in [-0.2, -0.15) is 18.2 Å². The van der Waals surface area contributed by atoms with E-state index in [1.807, 2.05) is 23.1 Å². The number of oxime groups is 1. The number of hydrogen-bond acceptors (Lipinski definition) is 4. The molecule has 3 aromatic rings. The zero-order valence-corrected chi connectivity index (χ0v) is 20.9. The number of fused-ring (bicyclic) bond motifs is 1. The van der Waals surface area contributed by atoms with Crippen LogP contribution in [0.5, 0.6) is 0 Å². The Morgan fingerprint density at radius 1 is 1.14 bits per heavy atom. The second kappa shape index (κ2) is 9.46. The first-order chi connectivity index (χ1) is 17.6. The number of aliphatic imine (C=N–C) groups is 1. The lowest BCUT2D eigenvalue weighted by molar-refractivity contribution is -0.275. The van der Waals surface area contributed by atoms with Crippen LogP contribution in [-0.2, 0) is 28.3 Å². The number of benzene rings is 2. The molecule has 5 rings (SSSR count). The molecule has 0 saturated heterocycles. The fourth-order valence-corrected chi connectivity index (χ4v) is 5.04. The maximum absolute atomic E-state index is 14.4. The average Bonchev–Trinajstić information content (AvgIpc) is 3.42. The zero-order chi connectivity index (χ0) is 26.4. The third-order valence-electron chi connectivity index (χ3n) is 6.20. The van der Waals surface area contributed by atoms with Crippen LogP contribution in [0.15, 0.2) is 70.9 Å². The first kappa shape index (κ1) is 25.2. The Bertz CT molecular complexity index is 1420. The lowest BCUT2D eigenvalue weighted by Crippen LogP contribution is -2.42. The summed E-state index contributed by atoms with van der Waals surface area (Å²) in [6, 6.07) is 14.4. The minimum Gasteiger partial charge on any atom is -0.374 e. The fraction of sp³-hybridized carbons (Fsp3) is 0.231. The molecule has 11 heteroatoms. The molecule has 6 nitrogen and oxygen atoms in total. The van der Waals surface area contributed by atoms with Gasteiger partial charge in [-0.1, -0.05) is 46.6 Å². The predicted octanol–water partition coefficient (Wildman–Crippen LogP) is 6.28. The summed E-state index contributed by atoms with van der Waals surface area (Å²) >= 11 is 12.0. The number of aromatic nitrogens is 1. The van der Waals surface area contributed by atoms with E-state index in [4.69, 9.17) is 28.0 Å². The molecule has 0 spiro atoms. The molecule has 2 aromatic carbocycles. The monoisotopic (exact) mass is 546 g/mol. The normalized spacial score (nSPS) is 20.1. The number of pyridine rings is 1. The highest BCUT2D eigenvalue weighted by Gasteiger charge is 2.62. The Morgan fingerprint density at radius 2 is 1.89 bits per heavy atom. The van der Waals surface area contributed by atoms with Gasteiger partial charge >= 0.3 is 6.18 Å². The predicted molar refractivity (Wildman–Crippen MR) is 134 cm³/mol. The molecule has 37 heavy (non-hydrogen) atoms. The molecule has 1 atom stereocenters. The maximum Gasteiger partial charge on any atom is 0.435 e. The fourth-order valence-electron chi connectivity index (χ4n) is 4.52. The van der Waals surface area contributed by atoms with Crippen molar-refractivity contribution in [3.8, 4) is 0 Å². The summed E-state index contributed by atoms with van der Waals surface area (Å²) in [7, 11) is 0. The number of halogens is 5. The van der Waals surface area contributed by atoms with E-state index in [0.717, 1.165) is 16.8 Å². The van der Waals surface area contributed by atoms with Gasteiger partial charge in [0, 0.05) is 47.3 Å². The molecule has 190 valence electrons. The van der Waals surface area contributed by atoms with Crippen LogP contribution in [0.1, 0.15) is 41.3 Å². The van der Waals surface area contributed by atoms with Gasteiger partial charge in [-0.15, -0.1) is 0 Å². The summed E-state index contributed by atoms with van der Waals surface area (Å²) < 4.78 is 43.1. The Kier molecular flexibility index (Phi) is 6.45. The minimum absolute atomic E-state index is 0.0611. The summed E-state index contributed by atoms with van der Waals surface area (Å²) in [5.74, 6) is 0.129. The van der Waals surface area contributed by atoms with Gasteiger partial charge in [-0.3, -0.25) is 9.78 Å². The molecule has 1 unspecified atom stereocenters. The summed E-state index contributed by atoms with van der Waals surface area (Å²) in [5, 5.41) is 3.97. The first-order valence-electron chi connectivity index (χ1n) is 11.2. The average molecular weight is 547 g/mol. The highest BCUT2D eigenvalue weighted by atomic mass is 35.5. The number of carbonyl (C=O) groups is 1. The first-order valence-corrected chi connectivity index (χ1v) is 12.0. The van der Waals surface area contributed by atoms with Gasteiger partial charge in [0.1, 0.15) is 5.84 Å². The molecule has 0 saturated carbocycles. The molecular formula is C26H19Cl2F3N4O2. The van der Waals surface area contributed by atoms with Crippen molar-refractivity contribution in [2.75, 3.05) is 0 Å². The van der Waals surface area contributed by atoms with Crippen molar-refractivity contribution >= 4 is 40.7 Å². The lowest BCUT2D eigenvalue weighted by atomic mass is 9.86. The van der Waals surface area contributed by atoms with Crippen molar-refractivity contribution in [1.29, 1.82) is 0 Å². The smallest absolute Gasteiger partial charge is 0.374 e. The van der Waals surface area contributed by atoms with E-state index in [1.54, 1.807) is 24.4 Å². The molecular weight excluding hydrogens is 528 g/mol. The third kappa shape index (κ3) is 4.81. The van der Waals surface area contributed by atoms with Gasteiger partial charge in [-0.25, -0.2) is 0 Å². The van der Waals surface area contributed by atoms with Crippen molar-refractivity contribution in [2.24, 2.45) is 10.1 Å². The van der Waals surface area contributed by atoms with Gasteiger partial charge in [0.25, 0.3) is 5.60 Å². The van der Waals surface area contributed by atoms with E-state index in [-0.39, 0.29) is 27.2 Å². The number of amidine groups is 1. The van der Waals surface area contributed by atoms with Gasteiger partial charge in [0.05, 0.1) is 18.0 Å². The molecule has 1 aromatic heterocycles. The van der Waals surface area contributed by atoms with Crippen molar-refractivity contribution in [1.82, 2.24) is 9.88 Å². The summed E-state index contributed by atoms with van der Waals surface area (Å²) in [5.41, 5.74) is -0.0403. The summed E-state index contributed by atoms with van der Waals surface area (Å²) in [6.07, 6.45) is -3.67. The molecule has 0 aliphatic carbocycles. The van der Waals surface area contributed by atoms with Crippen molar-refractivity contribution in [3.63, 3.8) is 0 Å². The van der Waals surface area contributed by atoms with Crippen LogP contribution < -0.4 is 0 Å². The number of nitrogens with zero attached hydrogens (tertiary/aromatic N) is 4. The van der Waals surface area contributed by atoms with Gasteiger partial charge in [-0.05, 0) is 47.5 Å². The summed E-state index contributed by atoms with van der Waals surface area (Å²) in [4.78, 5) is 27.4. The highest BCUT2D eigenvalue weighted by molar-refractivity contribution is 6.34. The number of carbonyl (C=O) groups excluding carboxylic acids is 1. The highest BCUT2D eigenvalue weighted by Crippen LogP contribution is 2.49. The standard InChI is InChI=1S/C26H19Cl2F3N4O2/c1-15(36)33-24-22-6-5-16(8-17(22)13-35(24)14-21-4-2-3-7-32-21)23-12-25(37-34-23,26(29,30)31)18-9-19(27)11-20(28)10-18/h2-11H,12-14H2,1H3/b33-24+. The topological polar surface area (TPSA) is 67.2 Å². The minimum atomic E-state index is -4.79. The molecule has 0 bridgehead atoms. The SMILES string of the molecule is CC(=O)/N=C1\c2ccc(C3=NOC(c4cc(Cl)cc(Cl)c4)(C(F)(F)F)C3)cc2CN1Cc1ccccn1. The molecule has 0 fully saturated rings. The van der Waals surface area contributed by atoms with Crippen LogP contribution >= 0.6 is 23.2 Å². The van der Waals surface area contributed by atoms with Crippen LogP contribution in [0.3, 0.4) is 0 Å².